The highest BCUT2D eigenvalue weighted by molar-refractivity contribution is 5.93. The van der Waals surface area contributed by atoms with Gasteiger partial charge < -0.3 is 14.6 Å². The van der Waals surface area contributed by atoms with Gasteiger partial charge in [-0.15, -0.1) is 0 Å². The van der Waals surface area contributed by atoms with E-state index in [4.69, 9.17) is 9.68 Å². The molecular formula is C19H20FN3O. The highest BCUT2D eigenvalue weighted by atomic mass is 19.1. The maximum atomic E-state index is 14.3. The number of halogens is 1. The SMILES string of the molecule is CC#Cc1oc2c(N[C@@H]3CCN(C)C[C@@H]3F)cccc2c1CC#N. The van der Waals surface area contributed by atoms with Crippen molar-refractivity contribution in [2.75, 3.05) is 25.5 Å². The van der Waals surface area contributed by atoms with Gasteiger partial charge in [-0.2, -0.15) is 5.26 Å². The van der Waals surface area contributed by atoms with Crippen molar-refractivity contribution in [3.8, 4) is 17.9 Å². The van der Waals surface area contributed by atoms with Crippen molar-refractivity contribution >= 4 is 16.7 Å². The summed E-state index contributed by atoms with van der Waals surface area (Å²) >= 11 is 0. The third kappa shape index (κ3) is 3.09. The first-order chi connectivity index (χ1) is 11.6. The summed E-state index contributed by atoms with van der Waals surface area (Å²) in [6, 6.07) is 7.62. The fraction of sp³-hybridized carbons (Fsp3) is 0.421. The largest absolute Gasteiger partial charge is 0.445 e. The van der Waals surface area contributed by atoms with Crippen LogP contribution in [0.25, 0.3) is 11.0 Å². The van der Waals surface area contributed by atoms with Crippen LogP contribution in [-0.2, 0) is 6.42 Å². The van der Waals surface area contributed by atoms with Crippen LogP contribution in [0.15, 0.2) is 22.6 Å². The maximum Gasteiger partial charge on any atom is 0.182 e. The second kappa shape index (κ2) is 6.95. The molecule has 2 aromatic rings. The van der Waals surface area contributed by atoms with Crippen molar-refractivity contribution in [3.05, 3.63) is 29.5 Å². The number of alkyl halides is 1. The lowest BCUT2D eigenvalue weighted by Gasteiger charge is -2.33. The van der Waals surface area contributed by atoms with E-state index in [9.17, 15) is 4.39 Å². The first-order valence-electron chi connectivity index (χ1n) is 8.07. The topological polar surface area (TPSA) is 52.2 Å². The molecule has 2 atom stereocenters. The molecule has 0 unspecified atom stereocenters. The van der Waals surface area contributed by atoms with Crippen LogP contribution in [0.1, 0.15) is 24.7 Å². The molecule has 5 heteroatoms. The number of nitrogens with zero attached hydrogens (tertiary/aromatic N) is 2. The number of nitrogens with one attached hydrogen (secondary N) is 1. The summed E-state index contributed by atoms with van der Waals surface area (Å²) in [5, 5.41) is 13.2. The monoisotopic (exact) mass is 325 g/mol. The number of para-hydroxylation sites is 1. The van der Waals surface area contributed by atoms with E-state index in [2.05, 4.69) is 23.2 Å². The fourth-order valence-electron chi connectivity index (χ4n) is 3.17. The van der Waals surface area contributed by atoms with Gasteiger partial charge in [0.2, 0.25) is 0 Å². The maximum absolute atomic E-state index is 14.3. The normalized spacial score (nSPS) is 21.1. The molecule has 0 spiro atoms. The number of piperidine rings is 1. The Bertz CT molecular complexity index is 840. The Morgan fingerprint density at radius 1 is 1.46 bits per heavy atom. The van der Waals surface area contributed by atoms with Gasteiger partial charge in [-0.25, -0.2) is 4.39 Å². The van der Waals surface area contributed by atoms with E-state index in [-0.39, 0.29) is 12.5 Å². The first-order valence-corrected chi connectivity index (χ1v) is 8.07. The third-order valence-electron chi connectivity index (χ3n) is 4.40. The van der Waals surface area contributed by atoms with E-state index in [1.54, 1.807) is 6.92 Å². The van der Waals surface area contributed by atoms with Crippen molar-refractivity contribution in [3.63, 3.8) is 0 Å². The Morgan fingerprint density at radius 2 is 2.29 bits per heavy atom. The Hall–Kier alpha value is -2.50. The molecule has 1 aromatic heterocycles. The van der Waals surface area contributed by atoms with Crippen LogP contribution in [0.4, 0.5) is 10.1 Å². The summed E-state index contributed by atoms with van der Waals surface area (Å²) in [5.74, 6) is 6.25. The molecule has 0 radical (unpaired) electrons. The molecule has 1 fully saturated rings. The van der Waals surface area contributed by atoms with Crippen LogP contribution < -0.4 is 5.32 Å². The zero-order valence-electron chi connectivity index (χ0n) is 13.9. The average Bonchev–Trinajstić information content (AvgIpc) is 2.90. The van der Waals surface area contributed by atoms with Crippen molar-refractivity contribution in [2.45, 2.75) is 32.0 Å². The van der Waals surface area contributed by atoms with Crippen LogP contribution >= 0.6 is 0 Å². The minimum absolute atomic E-state index is 0.237. The van der Waals surface area contributed by atoms with E-state index in [0.717, 1.165) is 29.6 Å². The Balaban J connectivity index is 1.98. The van der Waals surface area contributed by atoms with Gasteiger partial charge in [0.05, 0.1) is 24.2 Å². The molecule has 24 heavy (non-hydrogen) atoms. The molecule has 0 aliphatic carbocycles. The zero-order valence-corrected chi connectivity index (χ0v) is 13.9. The number of hydrogen-bond donors (Lipinski definition) is 1. The Labute approximate surface area is 141 Å². The number of fused-ring (bicyclic) bond motifs is 1. The number of nitriles is 1. The first kappa shape index (κ1) is 16.4. The Kier molecular flexibility index (Phi) is 4.74. The van der Waals surface area contributed by atoms with Gasteiger partial charge in [-0.05, 0) is 32.4 Å². The van der Waals surface area contributed by atoms with Crippen molar-refractivity contribution in [2.24, 2.45) is 0 Å². The summed E-state index contributed by atoms with van der Waals surface area (Å²) in [6.07, 6.45) is 0.0458. The van der Waals surface area contributed by atoms with E-state index < -0.39 is 6.17 Å². The van der Waals surface area contributed by atoms with Crippen LogP contribution in [0.2, 0.25) is 0 Å². The van der Waals surface area contributed by atoms with Crippen LogP contribution in [0.3, 0.4) is 0 Å². The van der Waals surface area contributed by atoms with Crippen LogP contribution in [-0.4, -0.2) is 37.3 Å². The molecule has 1 aromatic carbocycles. The lowest BCUT2D eigenvalue weighted by atomic mass is 10.0. The van der Waals surface area contributed by atoms with Gasteiger partial charge >= 0.3 is 0 Å². The molecule has 1 saturated heterocycles. The minimum Gasteiger partial charge on any atom is -0.445 e. The zero-order chi connectivity index (χ0) is 17.1. The summed E-state index contributed by atoms with van der Waals surface area (Å²) < 4.78 is 20.2. The minimum atomic E-state index is -0.928. The van der Waals surface area contributed by atoms with E-state index in [1.165, 1.54) is 0 Å². The van der Waals surface area contributed by atoms with Gasteiger partial charge in [0.1, 0.15) is 6.17 Å². The molecule has 2 heterocycles. The molecule has 1 aliphatic heterocycles. The van der Waals surface area contributed by atoms with E-state index in [0.29, 0.717) is 17.9 Å². The van der Waals surface area contributed by atoms with E-state index >= 15 is 0 Å². The number of anilines is 1. The molecule has 4 nitrogen and oxygen atoms in total. The number of likely N-dealkylation sites (tertiary alicyclic amines) is 1. The molecular weight excluding hydrogens is 305 g/mol. The van der Waals surface area contributed by atoms with Crippen LogP contribution in [0, 0.1) is 23.2 Å². The molecule has 1 aliphatic rings. The second-order valence-electron chi connectivity index (χ2n) is 6.12. The van der Waals surface area contributed by atoms with Crippen molar-refractivity contribution in [1.82, 2.24) is 4.90 Å². The smallest absolute Gasteiger partial charge is 0.182 e. The molecule has 0 amide bonds. The lowest BCUT2D eigenvalue weighted by Crippen LogP contribution is -2.46. The predicted octanol–water partition coefficient (Wildman–Crippen LogP) is 3.32. The van der Waals surface area contributed by atoms with Gasteiger partial charge in [0.15, 0.2) is 11.3 Å². The van der Waals surface area contributed by atoms with Crippen molar-refractivity contribution < 1.29 is 8.81 Å². The quantitative estimate of drug-likeness (QED) is 0.880. The molecule has 0 bridgehead atoms. The van der Waals surface area contributed by atoms with E-state index in [1.807, 2.05) is 30.1 Å². The average molecular weight is 325 g/mol. The summed E-state index contributed by atoms with van der Waals surface area (Å²) in [6.45, 7) is 3.02. The van der Waals surface area contributed by atoms with Crippen molar-refractivity contribution in [1.29, 1.82) is 5.26 Å². The van der Waals surface area contributed by atoms with Gasteiger partial charge in [-0.1, -0.05) is 18.1 Å². The molecule has 124 valence electrons. The molecule has 3 rings (SSSR count). The number of rotatable bonds is 3. The Morgan fingerprint density at radius 3 is 3.00 bits per heavy atom. The lowest BCUT2D eigenvalue weighted by molar-refractivity contribution is 0.149. The molecule has 0 saturated carbocycles. The molecule has 1 N–H and O–H groups in total. The van der Waals surface area contributed by atoms with Crippen LogP contribution in [0.5, 0.6) is 0 Å². The fourth-order valence-corrected chi connectivity index (χ4v) is 3.17. The predicted molar refractivity (Wildman–Crippen MR) is 92.5 cm³/mol. The van der Waals surface area contributed by atoms with Gasteiger partial charge in [0, 0.05) is 24.0 Å². The highest BCUT2D eigenvalue weighted by Gasteiger charge is 2.28. The number of benzene rings is 1. The number of hydrogen-bond acceptors (Lipinski definition) is 4. The number of furan rings is 1. The highest BCUT2D eigenvalue weighted by Crippen LogP contribution is 2.32. The summed E-state index contributed by atoms with van der Waals surface area (Å²) in [5.41, 5.74) is 2.20. The van der Waals surface area contributed by atoms with Gasteiger partial charge in [-0.3, -0.25) is 0 Å². The third-order valence-corrected chi connectivity index (χ3v) is 4.40. The summed E-state index contributed by atoms with van der Waals surface area (Å²) in [4.78, 5) is 2.00. The second-order valence-corrected chi connectivity index (χ2v) is 6.12. The standard InChI is InChI=1S/C19H20FN3O/c1-3-5-18-13(8-10-21)14-6-4-7-17(19(14)24-18)22-16-9-11-23(2)12-15(16)20/h4,6-7,15-16,22H,8-9,11-12H2,1-2H3/t15-,16+/m0/s1. The summed E-state index contributed by atoms with van der Waals surface area (Å²) in [7, 11) is 1.93. The van der Waals surface area contributed by atoms with Gasteiger partial charge in [0.25, 0.3) is 0 Å².